The molecule has 2 atom stereocenters. The Morgan fingerprint density at radius 2 is 0.806 bits per heavy atom. The molecular weight excluding hydrogens is 918 g/mol. The number of carbonyl (C=O) groups excluding carboxylic acids is 2. The molecule has 0 aliphatic carbocycles. The Hall–Kier alpha value is -2.81. The molecule has 0 N–H and O–H groups in total. The minimum absolute atomic E-state index is 0.0443. The number of unbranched alkanes of at least 4 members (excludes halogenated alkanes) is 25. The minimum atomic E-state index is -4.65. The van der Waals surface area contributed by atoms with E-state index in [9.17, 15) is 19.0 Å². The summed E-state index contributed by atoms with van der Waals surface area (Å²) in [6.45, 7) is 4.06. The van der Waals surface area contributed by atoms with Gasteiger partial charge in [-0.05, 0) is 83.5 Å². The molecule has 2 unspecified atom stereocenters. The number of phosphoric acid groups is 1. The van der Waals surface area contributed by atoms with Crippen LogP contribution in [-0.4, -0.2) is 70.0 Å². The van der Waals surface area contributed by atoms with Gasteiger partial charge in [-0.25, -0.2) is 0 Å². The number of ether oxygens (including phenoxy) is 2. The molecule has 0 aliphatic heterocycles. The van der Waals surface area contributed by atoms with E-state index in [2.05, 4.69) is 92.8 Å². The lowest BCUT2D eigenvalue weighted by Gasteiger charge is -2.28. The monoisotopic (exact) mass is 1030 g/mol. The second-order valence-corrected chi connectivity index (χ2v) is 22.0. The van der Waals surface area contributed by atoms with Gasteiger partial charge in [-0.3, -0.25) is 14.2 Å². The highest BCUT2D eigenvalue weighted by molar-refractivity contribution is 7.45. The van der Waals surface area contributed by atoms with Crippen LogP contribution < -0.4 is 4.89 Å². The molecule has 0 rings (SSSR count). The average molecular weight is 1030 g/mol. The number of rotatable bonds is 53. The van der Waals surface area contributed by atoms with E-state index in [0.717, 1.165) is 57.8 Å². The van der Waals surface area contributed by atoms with E-state index in [1.807, 2.05) is 27.2 Å². The Kier molecular flexibility index (Phi) is 51.0. The molecule has 0 radical (unpaired) electrons. The molecule has 0 bridgehead atoms. The lowest BCUT2D eigenvalue weighted by atomic mass is 10.0. The average Bonchev–Trinajstić information content (AvgIpc) is 3.34. The summed E-state index contributed by atoms with van der Waals surface area (Å²) in [5.41, 5.74) is 0. The van der Waals surface area contributed by atoms with Crippen LogP contribution in [0.1, 0.15) is 245 Å². The highest BCUT2D eigenvalue weighted by atomic mass is 31.2. The van der Waals surface area contributed by atoms with Crippen molar-refractivity contribution in [3.8, 4) is 0 Å². The van der Waals surface area contributed by atoms with Crippen molar-refractivity contribution >= 4 is 19.8 Å². The molecule has 0 spiro atoms. The number of phosphoric ester groups is 1. The topological polar surface area (TPSA) is 111 Å². The summed E-state index contributed by atoms with van der Waals surface area (Å²) in [6, 6.07) is 0. The molecule has 9 nitrogen and oxygen atoms in total. The fraction of sp³-hybridized carbons (Fsp3) is 0.742. The van der Waals surface area contributed by atoms with Crippen molar-refractivity contribution in [2.75, 3.05) is 47.5 Å². The van der Waals surface area contributed by atoms with Gasteiger partial charge in [0.05, 0.1) is 27.7 Å². The predicted octanol–water partition coefficient (Wildman–Crippen LogP) is 17.6. The summed E-state index contributed by atoms with van der Waals surface area (Å²) >= 11 is 0. The number of esters is 2. The number of nitrogens with zero attached hydrogens (tertiary/aromatic N) is 1. The van der Waals surface area contributed by atoms with Gasteiger partial charge in [0.1, 0.15) is 19.8 Å². The summed E-state index contributed by atoms with van der Waals surface area (Å²) in [5, 5.41) is 0. The van der Waals surface area contributed by atoms with Crippen LogP contribution in [0.5, 0.6) is 0 Å². The maximum absolute atomic E-state index is 12.7. The van der Waals surface area contributed by atoms with E-state index in [-0.39, 0.29) is 26.1 Å². The van der Waals surface area contributed by atoms with Crippen LogP contribution in [0.15, 0.2) is 85.1 Å². The van der Waals surface area contributed by atoms with Crippen molar-refractivity contribution in [2.45, 2.75) is 251 Å². The lowest BCUT2D eigenvalue weighted by molar-refractivity contribution is -0.870. The highest BCUT2D eigenvalue weighted by Crippen LogP contribution is 2.38. The first-order valence-corrected chi connectivity index (χ1v) is 30.8. The zero-order valence-corrected chi connectivity index (χ0v) is 48.0. The van der Waals surface area contributed by atoms with E-state index in [1.54, 1.807) is 0 Å². The van der Waals surface area contributed by atoms with Gasteiger partial charge < -0.3 is 27.9 Å². The summed E-state index contributed by atoms with van der Waals surface area (Å²) in [5.74, 6) is -0.900. The Morgan fingerprint density at radius 3 is 1.22 bits per heavy atom. The molecule has 10 heteroatoms. The summed E-state index contributed by atoms with van der Waals surface area (Å²) in [7, 11) is 1.13. The first kappa shape index (κ1) is 69.2. The molecule has 0 aromatic heterocycles. The van der Waals surface area contributed by atoms with Gasteiger partial charge in [-0.15, -0.1) is 0 Å². The molecule has 0 saturated heterocycles. The molecule has 0 amide bonds. The van der Waals surface area contributed by atoms with Crippen molar-refractivity contribution in [1.29, 1.82) is 0 Å². The standard InChI is InChI=1S/C62H110NO8P/c1-6-8-10-12-14-16-18-20-22-24-25-26-27-28-29-30-31-32-33-34-35-36-37-39-40-42-44-46-48-50-52-54-61(64)68-58-60(59-70-72(66,67)69-57-56-63(3,4)5)71-62(65)55-53-51-49-47-45-43-41-38-23-21-19-17-15-13-11-9-7-2/h9,11,15,17-18,20-21,23-25,41,43,47,49,60H,6-8,10,12-14,16,19,22,26-40,42,44-46,48,50-59H2,1-5H3/b11-9-,17-15-,20-18-,23-21-,25-24-,43-41-,49-47-. The minimum Gasteiger partial charge on any atom is -0.756 e. The van der Waals surface area contributed by atoms with Crippen molar-refractivity contribution < 1.29 is 42.1 Å². The van der Waals surface area contributed by atoms with E-state index in [0.29, 0.717) is 23.9 Å². The van der Waals surface area contributed by atoms with Crippen molar-refractivity contribution in [1.82, 2.24) is 0 Å². The van der Waals surface area contributed by atoms with E-state index < -0.39 is 32.5 Å². The zero-order chi connectivity index (χ0) is 52.7. The van der Waals surface area contributed by atoms with Crippen LogP contribution >= 0.6 is 7.82 Å². The predicted molar refractivity (Wildman–Crippen MR) is 305 cm³/mol. The lowest BCUT2D eigenvalue weighted by Crippen LogP contribution is -2.37. The van der Waals surface area contributed by atoms with Gasteiger partial charge >= 0.3 is 11.9 Å². The molecule has 0 fully saturated rings. The highest BCUT2D eigenvalue weighted by Gasteiger charge is 2.21. The smallest absolute Gasteiger partial charge is 0.306 e. The summed E-state index contributed by atoms with van der Waals surface area (Å²) in [4.78, 5) is 37.8. The molecule has 0 aromatic rings. The Bertz CT molecular complexity index is 1490. The number of likely N-dealkylation sites (N-methyl/N-ethyl adjacent to an activating group) is 1. The molecule has 0 aliphatic rings. The number of hydrogen-bond acceptors (Lipinski definition) is 8. The zero-order valence-electron chi connectivity index (χ0n) is 47.1. The van der Waals surface area contributed by atoms with Crippen LogP contribution in [-0.2, 0) is 32.7 Å². The SMILES string of the molecule is CC/C=C\C/C=C\C/C=C\C/C=C\C/C=C\CCCC(=O)OC(COC(=O)CCCCCCCCCCCCCCCCCCCCC/C=C\C/C=C\CCCCCCC)COP(=O)([O-])OCC[N+](C)(C)C. The van der Waals surface area contributed by atoms with Crippen LogP contribution in [0.4, 0.5) is 0 Å². The maximum Gasteiger partial charge on any atom is 0.306 e. The van der Waals surface area contributed by atoms with Crippen molar-refractivity contribution in [3.05, 3.63) is 85.1 Å². The Balaban J connectivity index is 4.11. The molecule has 0 saturated carbocycles. The van der Waals surface area contributed by atoms with Crippen molar-refractivity contribution in [3.63, 3.8) is 0 Å². The molecule has 0 aromatic carbocycles. The summed E-state index contributed by atoms with van der Waals surface area (Å²) in [6.07, 6.45) is 70.9. The van der Waals surface area contributed by atoms with Gasteiger partial charge in [-0.1, -0.05) is 234 Å². The third-order valence-electron chi connectivity index (χ3n) is 12.4. The largest absolute Gasteiger partial charge is 0.756 e. The van der Waals surface area contributed by atoms with E-state index >= 15 is 0 Å². The van der Waals surface area contributed by atoms with Crippen LogP contribution in [0.2, 0.25) is 0 Å². The van der Waals surface area contributed by atoms with Gasteiger partial charge in [-0.2, -0.15) is 0 Å². The maximum atomic E-state index is 12.7. The van der Waals surface area contributed by atoms with Crippen molar-refractivity contribution in [2.24, 2.45) is 0 Å². The molecular formula is C62H110NO8P. The van der Waals surface area contributed by atoms with Crippen LogP contribution in [0.3, 0.4) is 0 Å². The van der Waals surface area contributed by atoms with Gasteiger partial charge in [0, 0.05) is 12.8 Å². The van der Waals surface area contributed by atoms with Gasteiger partial charge in [0.15, 0.2) is 6.10 Å². The van der Waals surface area contributed by atoms with Crippen LogP contribution in [0, 0.1) is 0 Å². The second-order valence-electron chi connectivity index (χ2n) is 20.6. The van der Waals surface area contributed by atoms with Gasteiger partial charge in [0.2, 0.25) is 0 Å². The normalized spacial score (nSPS) is 13.9. The Morgan fingerprint density at radius 1 is 0.444 bits per heavy atom. The first-order chi connectivity index (χ1) is 35.0. The van der Waals surface area contributed by atoms with Crippen LogP contribution in [0.25, 0.3) is 0 Å². The number of carbonyl (C=O) groups is 2. The fourth-order valence-electron chi connectivity index (χ4n) is 7.90. The molecule has 0 heterocycles. The van der Waals surface area contributed by atoms with E-state index in [1.165, 1.54) is 148 Å². The summed E-state index contributed by atoms with van der Waals surface area (Å²) < 4.78 is 34.0. The molecule has 416 valence electrons. The quantitative estimate of drug-likeness (QED) is 0.0195. The number of hydrogen-bond donors (Lipinski definition) is 0. The van der Waals surface area contributed by atoms with Gasteiger partial charge in [0.25, 0.3) is 7.82 Å². The fourth-order valence-corrected chi connectivity index (χ4v) is 8.63. The third-order valence-corrected chi connectivity index (χ3v) is 13.4. The number of allylic oxidation sites excluding steroid dienone is 14. The van der Waals surface area contributed by atoms with E-state index in [4.69, 9.17) is 18.5 Å². The molecule has 72 heavy (non-hydrogen) atoms. The first-order valence-electron chi connectivity index (χ1n) is 29.3. The second kappa shape index (κ2) is 53.0. The third kappa shape index (κ3) is 56.5. The number of quaternary nitrogens is 1. The Labute approximate surface area is 443 Å².